The van der Waals surface area contributed by atoms with Gasteiger partial charge in [-0.05, 0) is 85.8 Å². The Morgan fingerprint density at radius 3 is 2.66 bits per heavy atom. The number of carbonyl (C=O) groups is 1. The average Bonchev–Trinajstić information content (AvgIpc) is 2.82. The number of aromatic hydroxyl groups is 1. The Balaban J connectivity index is 1.44. The molecule has 32 heavy (non-hydrogen) atoms. The SMILES string of the molecule is CN1CC[C@@]2(c3cccc(O)c3)C[C@H](N(C)C(=O)c3ccc4ccccc4c3)CC[C@@H]2C1. The van der Waals surface area contributed by atoms with Gasteiger partial charge in [0.15, 0.2) is 0 Å². The molecule has 1 aliphatic heterocycles. The van der Waals surface area contributed by atoms with Gasteiger partial charge >= 0.3 is 0 Å². The minimum atomic E-state index is 0.00604. The van der Waals surface area contributed by atoms with E-state index in [1.807, 2.05) is 54.4 Å². The maximum atomic E-state index is 13.5. The fourth-order valence-corrected chi connectivity index (χ4v) is 6.13. The molecule has 166 valence electrons. The van der Waals surface area contributed by atoms with Crippen LogP contribution in [0.1, 0.15) is 41.6 Å². The van der Waals surface area contributed by atoms with Crippen LogP contribution in [0.25, 0.3) is 10.8 Å². The molecule has 1 amide bonds. The van der Waals surface area contributed by atoms with Gasteiger partial charge in [0.25, 0.3) is 5.91 Å². The first kappa shape index (κ1) is 21.0. The Hall–Kier alpha value is -2.85. The van der Waals surface area contributed by atoms with E-state index in [9.17, 15) is 9.90 Å². The van der Waals surface area contributed by atoms with Crippen LogP contribution in [0.4, 0.5) is 0 Å². The maximum absolute atomic E-state index is 13.5. The lowest BCUT2D eigenvalue weighted by Gasteiger charge is -2.53. The number of fused-ring (bicyclic) bond motifs is 2. The van der Waals surface area contributed by atoms with Crippen LogP contribution in [0.2, 0.25) is 0 Å². The third-order valence-corrected chi connectivity index (χ3v) is 7.99. The van der Waals surface area contributed by atoms with Crippen molar-refractivity contribution in [2.45, 2.75) is 37.1 Å². The van der Waals surface area contributed by atoms with Gasteiger partial charge in [0, 0.05) is 30.6 Å². The highest BCUT2D eigenvalue weighted by atomic mass is 16.3. The highest BCUT2D eigenvalue weighted by Crippen LogP contribution is 2.50. The van der Waals surface area contributed by atoms with Gasteiger partial charge < -0.3 is 14.9 Å². The number of rotatable bonds is 3. The van der Waals surface area contributed by atoms with Crippen LogP contribution in [0, 0.1) is 5.92 Å². The number of benzene rings is 3. The van der Waals surface area contributed by atoms with Gasteiger partial charge in [-0.2, -0.15) is 0 Å². The molecule has 3 aromatic carbocycles. The summed E-state index contributed by atoms with van der Waals surface area (Å²) in [6.07, 6.45) is 4.13. The van der Waals surface area contributed by atoms with E-state index in [1.165, 1.54) is 5.56 Å². The van der Waals surface area contributed by atoms with E-state index >= 15 is 0 Å². The van der Waals surface area contributed by atoms with Gasteiger partial charge in [-0.1, -0.05) is 42.5 Å². The first-order valence-corrected chi connectivity index (χ1v) is 11.7. The quantitative estimate of drug-likeness (QED) is 0.634. The van der Waals surface area contributed by atoms with E-state index in [0.29, 0.717) is 11.7 Å². The van der Waals surface area contributed by atoms with Crippen molar-refractivity contribution in [1.29, 1.82) is 0 Å². The van der Waals surface area contributed by atoms with E-state index in [2.05, 4.69) is 30.1 Å². The minimum Gasteiger partial charge on any atom is -0.508 e. The summed E-state index contributed by atoms with van der Waals surface area (Å²) in [7, 11) is 4.17. The summed E-state index contributed by atoms with van der Waals surface area (Å²) in [6, 6.07) is 22.2. The molecule has 0 radical (unpaired) electrons. The molecule has 1 saturated carbocycles. The van der Waals surface area contributed by atoms with E-state index in [1.54, 1.807) is 6.07 Å². The number of piperidine rings is 1. The Bertz CT molecular complexity index is 1140. The standard InChI is InChI=1S/C28H32N2O2/c1-29-15-14-28(23-8-5-9-26(31)17-23)18-25(13-12-24(28)19-29)30(2)27(32)22-11-10-20-6-3-4-7-21(20)16-22/h3-11,16-17,24-25,31H,12-15,18-19H2,1-2H3/t24-,25-,28+/m1/s1. The first-order valence-electron chi connectivity index (χ1n) is 11.7. The molecule has 1 N–H and O–H groups in total. The molecule has 5 rings (SSSR count). The summed E-state index contributed by atoms with van der Waals surface area (Å²) in [4.78, 5) is 17.9. The summed E-state index contributed by atoms with van der Waals surface area (Å²) in [5, 5.41) is 12.5. The van der Waals surface area contributed by atoms with Crippen molar-refractivity contribution in [1.82, 2.24) is 9.80 Å². The van der Waals surface area contributed by atoms with Crippen molar-refractivity contribution in [3.05, 3.63) is 77.9 Å². The predicted octanol–water partition coefficient (Wildman–Crippen LogP) is 5.06. The lowest BCUT2D eigenvalue weighted by molar-refractivity contribution is 0.0259. The second-order valence-electron chi connectivity index (χ2n) is 9.83. The van der Waals surface area contributed by atoms with E-state index in [4.69, 9.17) is 0 Å². The van der Waals surface area contributed by atoms with Gasteiger partial charge in [0.2, 0.25) is 0 Å². The Morgan fingerprint density at radius 1 is 1.03 bits per heavy atom. The van der Waals surface area contributed by atoms with Crippen LogP contribution >= 0.6 is 0 Å². The number of hydrogen-bond acceptors (Lipinski definition) is 3. The van der Waals surface area contributed by atoms with Gasteiger partial charge in [-0.25, -0.2) is 0 Å². The van der Waals surface area contributed by atoms with Gasteiger partial charge in [0.1, 0.15) is 5.75 Å². The molecule has 0 bridgehead atoms. The third-order valence-electron chi connectivity index (χ3n) is 7.99. The molecular formula is C28H32N2O2. The summed E-state index contributed by atoms with van der Waals surface area (Å²) >= 11 is 0. The molecule has 0 aromatic heterocycles. The lowest BCUT2D eigenvalue weighted by atomic mass is 9.58. The minimum absolute atomic E-state index is 0.00604. The molecule has 2 aliphatic rings. The molecule has 1 aliphatic carbocycles. The van der Waals surface area contributed by atoms with Crippen LogP contribution in [0.15, 0.2) is 66.7 Å². The van der Waals surface area contributed by atoms with Gasteiger partial charge in [-0.15, -0.1) is 0 Å². The van der Waals surface area contributed by atoms with Crippen molar-refractivity contribution in [2.24, 2.45) is 5.92 Å². The normalized spacial score (nSPS) is 25.9. The number of phenolic OH excluding ortho intramolecular Hbond substituents is 1. The van der Waals surface area contributed by atoms with Gasteiger partial charge in [0.05, 0.1) is 0 Å². The van der Waals surface area contributed by atoms with E-state index in [-0.39, 0.29) is 17.4 Å². The number of phenols is 1. The Morgan fingerprint density at radius 2 is 1.84 bits per heavy atom. The molecule has 0 unspecified atom stereocenters. The molecule has 3 atom stereocenters. The monoisotopic (exact) mass is 428 g/mol. The molecule has 1 heterocycles. The fourth-order valence-electron chi connectivity index (χ4n) is 6.13. The third kappa shape index (κ3) is 3.67. The van der Waals surface area contributed by atoms with Crippen molar-refractivity contribution in [2.75, 3.05) is 27.2 Å². The second kappa shape index (κ2) is 8.25. The highest BCUT2D eigenvalue weighted by molar-refractivity contribution is 5.98. The van der Waals surface area contributed by atoms with Crippen LogP contribution in [0.3, 0.4) is 0 Å². The molecule has 3 aromatic rings. The number of amides is 1. The largest absolute Gasteiger partial charge is 0.508 e. The highest BCUT2D eigenvalue weighted by Gasteiger charge is 2.48. The fraction of sp³-hybridized carbons (Fsp3) is 0.393. The van der Waals surface area contributed by atoms with Crippen molar-refractivity contribution in [3.63, 3.8) is 0 Å². The number of carbonyl (C=O) groups excluding carboxylic acids is 1. The average molecular weight is 429 g/mol. The molecule has 4 heteroatoms. The van der Waals surface area contributed by atoms with E-state index < -0.39 is 0 Å². The summed E-state index contributed by atoms with van der Waals surface area (Å²) < 4.78 is 0. The zero-order valence-electron chi connectivity index (χ0n) is 19.0. The van der Waals surface area contributed by atoms with Crippen molar-refractivity contribution in [3.8, 4) is 5.75 Å². The Kier molecular flexibility index (Phi) is 5.42. The molecule has 1 saturated heterocycles. The first-order chi connectivity index (χ1) is 15.5. The van der Waals surface area contributed by atoms with Crippen LogP contribution in [0.5, 0.6) is 5.75 Å². The number of hydrogen-bond donors (Lipinski definition) is 1. The molecule has 0 spiro atoms. The van der Waals surface area contributed by atoms with Crippen LogP contribution < -0.4 is 0 Å². The smallest absolute Gasteiger partial charge is 0.253 e. The second-order valence-corrected chi connectivity index (χ2v) is 9.83. The maximum Gasteiger partial charge on any atom is 0.253 e. The lowest BCUT2D eigenvalue weighted by Crippen LogP contribution is -2.55. The van der Waals surface area contributed by atoms with Crippen LogP contribution in [-0.4, -0.2) is 54.0 Å². The van der Waals surface area contributed by atoms with Gasteiger partial charge in [-0.3, -0.25) is 4.79 Å². The zero-order valence-corrected chi connectivity index (χ0v) is 19.0. The zero-order chi connectivity index (χ0) is 22.3. The number of likely N-dealkylation sites (tertiary alicyclic amines) is 1. The molecule has 4 nitrogen and oxygen atoms in total. The molecular weight excluding hydrogens is 396 g/mol. The van der Waals surface area contributed by atoms with E-state index in [0.717, 1.165) is 55.1 Å². The topological polar surface area (TPSA) is 43.8 Å². The summed E-state index contributed by atoms with van der Waals surface area (Å²) in [6.45, 7) is 2.12. The summed E-state index contributed by atoms with van der Waals surface area (Å²) in [5.74, 6) is 0.971. The van der Waals surface area contributed by atoms with Crippen LogP contribution in [-0.2, 0) is 5.41 Å². The summed E-state index contributed by atoms with van der Waals surface area (Å²) in [5.41, 5.74) is 1.99. The van der Waals surface area contributed by atoms with Crippen molar-refractivity contribution < 1.29 is 9.90 Å². The Labute approximate surface area is 190 Å². The predicted molar refractivity (Wildman–Crippen MR) is 129 cm³/mol. The van der Waals surface area contributed by atoms with Crippen molar-refractivity contribution >= 4 is 16.7 Å². The number of nitrogens with zero attached hydrogens (tertiary/aromatic N) is 2. The molecule has 2 fully saturated rings.